The minimum absolute atomic E-state index is 1.00. The van der Waals surface area contributed by atoms with Gasteiger partial charge in [0.05, 0.1) is 0 Å². The summed E-state index contributed by atoms with van der Waals surface area (Å²) in [6.07, 6.45) is 14.5. The van der Waals surface area contributed by atoms with Crippen molar-refractivity contribution in [3.05, 3.63) is 36.4 Å². The maximum Gasteiger partial charge on any atom is 0.0488 e. The fourth-order valence-corrected chi connectivity index (χ4v) is 2.39. The molecule has 2 nitrogen and oxygen atoms in total. The Hall–Kier alpha value is -0.860. The van der Waals surface area contributed by atoms with Gasteiger partial charge in [0.1, 0.15) is 0 Å². The first-order chi connectivity index (χ1) is 11.0. The lowest BCUT2D eigenvalue weighted by atomic mass is 10.0. The lowest BCUT2D eigenvalue weighted by Gasteiger charge is -2.09. The lowest BCUT2D eigenvalue weighted by Crippen LogP contribution is -2.21. The summed E-state index contributed by atoms with van der Waals surface area (Å²) < 4.78 is 4.72. The van der Waals surface area contributed by atoms with Gasteiger partial charge in [-0.15, -0.1) is 0 Å². The molecular weight excluding hydrogens is 270 g/mol. The molecule has 3 fully saturated rings. The van der Waals surface area contributed by atoms with E-state index < -0.39 is 0 Å². The van der Waals surface area contributed by atoms with Crippen LogP contribution in [-0.2, 0) is 4.74 Å². The van der Waals surface area contributed by atoms with E-state index in [-0.39, 0.29) is 0 Å². The van der Waals surface area contributed by atoms with E-state index in [0.29, 0.717) is 0 Å². The molecule has 1 aromatic rings. The maximum absolute atomic E-state index is 4.72. The summed E-state index contributed by atoms with van der Waals surface area (Å²) >= 11 is 0. The first kappa shape index (κ1) is 19.2. The van der Waals surface area contributed by atoms with E-state index in [9.17, 15) is 0 Å². The maximum atomic E-state index is 4.72. The van der Waals surface area contributed by atoms with Gasteiger partial charge in [-0.1, -0.05) is 81.3 Å². The number of rotatable bonds is 0. The van der Waals surface area contributed by atoms with Gasteiger partial charge < -0.3 is 10.1 Å². The van der Waals surface area contributed by atoms with Gasteiger partial charge in [0, 0.05) is 13.2 Å². The highest BCUT2D eigenvalue weighted by Crippen LogP contribution is 2.15. The molecular formula is C20H35NO. The molecule has 1 saturated carbocycles. The van der Waals surface area contributed by atoms with Crippen molar-refractivity contribution in [2.24, 2.45) is 0 Å². The Bertz CT molecular complexity index is 224. The van der Waals surface area contributed by atoms with Crippen LogP contribution in [0.5, 0.6) is 0 Å². The molecule has 4 rings (SSSR count). The number of benzene rings is 1. The minimum atomic E-state index is 1.00. The van der Waals surface area contributed by atoms with Gasteiger partial charge in [-0.05, 0) is 32.4 Å². The van der Waals surface area contributed by atoms with Gasteiger partial charge >= 0.3 is 0 Å². The van der Waals surface area contributed by atoms with Crippen LogP contribution in [0, 0.1) is 0 Å². The summed E-state index contributed by atoms with van der Waals surface area (Å²) in [5.74, 6) is 0. The van der Waals surface area contributed by atoms with Crippen LogP contribution >= 0.6 is 0 Å². The molecule has 0 spiro atoms. The van der Waals surface area contributed by atoms with E-state index in [4.69, 9.17) is 4.74 Å². The highest BCUT2D eigenvalue weighted by Gasteiger charge is 1.95. The largest absolute Gasteiger partial charge is 0.381 e. The summed E-state index contributed by atoms with van der Waals surface area (Å²) in [5.41, 5.74) is 0. The molecule has 2 heterocycles. The molecule has 1 N–H and O–H groups in total. The predicted octanol–water partition coefficient (Wildman–Crippen LogP) is 5.19. The Morgan fingerprint density at radius 3 is 0.864 bits per heavy atom. The Morgan fingerprint density at radius 1 is 0.455 bits per heavy atom. The molecule has 126 valence electrons. The molecule has 3 aliphatic rings. The summed E-state index contributed by atoms with van der Waals surface area (Å²) in [4.78, 5) is 0. The van der Waals surface area contributed by atoms with E-state index in [1.165, 1.54) is 77.3 Å². The third-order valence-electron chi connectivity index (χ3n) is 3.95. The monoisotopic (exact) mass is 305 g/mol. The fourth-order valence-electron chi connectivity index (χ4n) is 2.39. The molecule has 2 saturated heterocycles. The molecule has 22 heavy (non-hydrogen) atoms. The quantitative estimate of drug-likeness (QED) is 0.712. The van der Waals surface area contributed by atoms with Crippen molar-refractivity contribution in [2.45, 2.75) is 64.2 Å². The molecule has 0 atom stereocenters. The van der Waals surface area contributed by atoms with Crippen LogP contribution in [-0.4, -0.2) is 26.3 Å². The fraction of sp³-hybridized carbons (Fsp3) is 0.700. The average molecular weight is 306 g/mol. The van der Waals surface area contributed by atoms with Crippen molar-refractivity contribution in [3.8, 4) is 0 Å². The zero-order valence-corrected chi connectivity index (χ0v) is 14.3. The standard InChI is InChI=1S/C6H12.C6H6.C5H11N.C3H6O/c3*1-2-4-6-5-3-1;1-2-4-3-1/h1-6H2;1-6H;6H,1-5H2;1-3H2. The number of piperidine rings is 1. The molecule has 2 aliphatic heterocycles. The molecule has 0 bridgehead atoms. The van der Waals surface area contributed by atoms with E-state index in [2.05, 4.69) is 5.32 Å². The van der Waals surface area contributed by atoms with Crippen LogP contribution in [0.4, 0.5) is 0 Å². The molecule has 2 heteroatoms. The first-order valence-corrected chi connectivity index (χ1v) is 9.28. The van der Waals surface area contributed by atoms with Gasteiger partial charge in [-0.2, -0.15) is 0 Å². The van der Waals surface area contributed by atoms with Crippen LogP contribution < -0.4 is 5.32 Å². The van der Waals surface area contributed by atoms with Crippen LogP contribution in [0.3, 0.4) is 0 Å². The Morgan fingerprint density at radius 2 is 0.727 bits per heavy atom. The van der Waals surface area contributed by atoms with Crippen molar-refractivity contribution in [2.75, 3.05) is 26.3 Å². The normalized spacial score (nSPS) is 19.6. The molecule has 0 radical (unpaired) electrons. The highest BCUT2D eigenvalue weighted by atomic mass is 16.5. The smallest absolute Gasteiger partial charge is 0.0488 e. The Balaban J connectivity index is 0.000000148. The van der Waals surface area contributed by atoms with Crippen molar-refractivity contribution >= 4 is 0 Å². The van der Waals surface area contributed by atoms with Gasteiger partial charge in [0.25, 0.3) is 0 Å². The molecule has 0 aromatic heterocycles. The third-order valence-corrected chi connectivity index (χ3v) is 3.95. The second-order valence-electron chi connectivity index (χ2n) is 6.05. The summed E-state index contributed by atoms with van der Waals surface area (Å²) in [7, 11) is 0. The number of ether oxygens (including phenoxy) is 1. The van der Waals surface area contributed by atoms with Crippen LogP contribution in [0.1, 0.15) is 64.2 Å². The van der Waals surface area contributed by atoms with Crippen LogP contribution in [0.2, 0.25) is 0 Å². The zero-order chi connectivity index (χ0) is 15.6. The first-order valence-electron chi connectivity index (χ1n) is 9.28. The molecule has 0 amide bonds. The van der Waals surface area contributed by atoms with Crippen molar-refractivity contribution < 1.29 is 4.74 Å². The van der Waals surface area contributed by atoms with E-state index in [1.807, 2.05) is 36.4 Å². The Kier molecular flexibility index (Phi) is 14.4. The van der Waals surface area contributed by atoms with Gasteiger partial charge in [-0.3, -0.25) is 0 Å². The van der Waals surface area contributed by atoms with E-state index in [0.717, 1.165) is 13.2 Å². The third kappa shape index (κ3) is 14.1. The molecule has 1 aromatic carbocycles. The van der Waals surface area contributed by atoms with Gasteiger partial charge in [0.2, 0.25) is 0 Å². The predicted molar refractivity (Wildman–Crippen MR) is 96.3 cm³/mol. The van der Waals surface area contributed by atoms with Gasteiger partial charge in [0.15, 0.2) is 0 Å². The highest BCUT2D eigenvalue weighted by molar-refractivity contribution is 4.99. The van der Waals surface area contributed by atoms with E-state index in [1.54, 1.807) is 0 Å². The van der Waals surface area contributed by atoms with Crippen LogP contribution in [0.25, 0.3) is 0 Å². The molecule has 0 unspecified atom stereocenters. The summed E-state index contributed by atoms with van der Waals surface area (Å²) in [6, 6.07) is 12.0. The van der Waals surface area contributed by atoms with E-state index >= 15 is 0 Å². The van der Waals surface area contributed by atoms with Crippen molar-refractivity contribution in [3.63, 3.8) is 0 Å². The Labute approximate surface area is 137 Å². The second kappa shape index (κ2) is 16.5. The summed E-state index contributed by atoms with van der Waals surface area (Å²) in [5, 5.41) is 3.28. The summed E-state index contributed by atoms with van der Waals surface area (Å²) in [6.45, 7) is 4.50. The molecule has 1 aliphatic carbocycles. The lowest BCUT2D eigenvalue weighted by molar-refractivity contribution is 0.0367. The van der Waals surface area contributed by atoms with Crippen LogP contribution in [0.15, 0.2) is 36.4 Å². The second-order valence-corrected chi connectivity index (χ2v) is 6.05. The van der Waals surface area contributed by atoms with Crippen molar-refractivity contribution in [1.29, 1.82) is 0 Å². The topological polar surface area (TPSA) is 21.3 Å². The average Bonchev–Trinajstić information content (AvgIpc) is 2.59. The van der Waals surface area contributed by atoms with Gasteiger partial charge in [-0.25, -0.2) is 0 Å². The minimum Gasteiger partial charge on any atom is -0.381 e. The number of hydrogen-bond donors (Lipinski definition) is 1. The van der Waals surface area contributed by atoms with Crippen molar-refractivity contribution in [1.82, 2.24) is 5.32 Å². The number of nitrogens with one attached hydrogen (secondary N) is 1. The zero-order valence-electron chi connectivity index (χ0n) is 14.3. The number of hydrogen-bond acceptors (Lipinski definition) is 2. The SMILES string of the molecule is C1CCCCC1.C1CCNCC1.C1COC1.c1ccccc1.